The van der Waals surface area contributed by atoms with Crippen LogP contribution in [0.15, 0.2) is 17.2 Å². The van der Waals surface area contributed by atoms with E-state index < -0.39 is 0 Å². The second-order valence-electron chi connectivity index (χ2n) is 4.84. The number of nitrogens with zero attached hydrogens (tertiary/aromatic N) is 1. The fourth-order valence-corrected chi connectivity index (χ4v) is 1.93. The lowest BCUT2D eigenvalue weighted by Crippen LogP contribution is -2.17. The summed E-state index contributed by atoms with van der Waals surface area (Å²) in [7, 11) is 4.23. The van der Waals surface area contributed by atoms with E-state index in [0.29, 0.717) is 29.9 Å². The second kappa shape index (κ2) is 10.1. The molecular weight excluding hydrogens is 316 g/mol. The molecule has 1 rings (SSSR count). The van der Waals surface area contributed by atoms with E-state index >= 15 is 0 Å². The number of ether oxygens (including phenoxy) is 3. The largest absolute Gasteiger partial charge is 0.508 e. The van der Waals surface area contributed by atoms with Crippen molar-refractivity contribution in [2.45, 2.75) is 25.7 Å². The number of phenolic OH excluding ortho intramolecular Hbond substituents is 1. The zero-order valence-electron chi connectivity index (χ0n) is 14.0. The number of benzene rings is 1. The molecule has 0 fully saturated rings. The summed E-state index contributed by atoms with van der Waals surface area (Å²) in [4.78, 5) is 22.6. The molecule has 0 atom stereocenters. The average Bonchev–Trinajstić information content (AvgIpc) is 2.58. The van der Waals surface area contributed by atoms with E-state index in [-0.39, 0.29) is 30.5 Å². The number of carbonyl (C=O) groups excluding carboxylic acids is 2. The Morgan fingerprint density at radius 1 is 1.12 bits per heavy atom. The summed E-state index contributed by atoms with van der Waals surface area (Å²) in [6.07, 6.45) is 3.04. The minimum absolute atomic E-state index is 0.00417. The van der Waals surface area contributed by atoms with Crippen molar-refractivity contribution >= 4 is 18.1 Å². The molecule has 1 amide bonds. The minimum atomic E-state index is -0.292. The summed E-state index contributed by atoms with van der Waals surface area (Å²) in [5.41, 5.74) is 2.88. The van der Waals surface area contributed by atoms with Crippen molar-refractivity contribution in [2.24, 2.45) is 5.10 Å². The Hall–Kier alpha value is -2.77. The molecule has 0 bridgehead atoms. The van der Waals surface area contributed by atoms with Gasteiger partial charge < -0.3 is 19.3 Å². The minimum Gasteiger partial charge on any atom is -0.508 e. The molecule has 0 heterocycles. The van der Waals surface area contributed by atoms with Gasteiger partial charge in [-0.1, -0.05) is 0 Å². The zero-order valence-corrected chi connectivity index (χ0v) is 14.0. The van der Waals surface area contributed by atoms with Crippen molar-refractivity contribution in [3.63, 3.8) is 0 Å². The van der Waals surface area contributed by atoms with Crippen LogP contribution in [0.5, 0.6) is 17.2 Å². The highest BCUT2D eigenvalue weighted by Gasteiger charge is 2.11. The second-order valence-corrected chi connectivity index (χ2v) is 4.84. The number of hydrazone groups is 1. The highest BCUT2D eigenvalue weighted by molar-refractivity contribution is 5.89. The van der Waals surface area contributed by atoms with E-state index in [4.69, 9.17) is 9.47 Å². The van der Waals surface area contributed by atoms with Gasteiger partial charge in [0.1, 0.15) is 17.2 Å². The number of amides is 1. The predicted octanol–water partition coefficient (Wildman–Crippen LogP) is 1.59. The molecule has 0 radical (unpaired) electrons. The first-order valence-corrected chi connectivity index (χ1v) is 7.35. The first-order chi connectivity index (χ1) is 11.5. The number of unbranched alkanes of at least 4 members (excludes halogenated alkanes) is 1. The van der Waals surface area contributed by atoms with Gasteiger partial charge in [0.2, 0.25) is 5.91 Å². The maximum atomic E-state index is 11.7. The summed E-state index contributed by atoms with van der Waals surface area (Å²) < 4.78 is 14.8. The summed E-state index contributed by atoms with van der Waals surface area (Å²) in [6.45, 7) is 0. The molecule has 8 heteroatoms. The van der Waals surface area contributed by atoms with Gasteiger partial charge in [-0.3, -0.25) is 9.59 Å². The molecule has 0 aromatic heterocycles. The summed E-state index contributed by atoms with van der Waals surface area (Å²) >= 11 is 0. The SMILES string of the molecule is COC(=O)CCCCC(=O)N/N=C/c1c(OC)cc(O)cc1OC. The standard InChI is InChI=1S/C16H22N2O6/c1-22-13-8-11(19)9-14(23-2)12(13)10-17-18-15(20)6-4-5-7-16(21)24-3/h8-10,19H,4-7H2,1-3H3,(H,18,20)/b17-10+. The van der Waals surface area contributed by atoms with E-state index in [0.717, 1.165) is 0 Å². The normalized spacial score (nSPS) is 10.5. The van der Waals surface area contributed by atoms with E-state index in [1.165, 1.54) is 39.7 Å². The van der Waals surface area contributed by atoms with Gasteiger partial charge in [0.05, 0.1) is 33.1 Å². The molecule has 0 saturated heterocycles. The van der Waals surface area contributed by atoms with Gasteiger partial charge in [-0.05, 0) is 12.8 Å². The van der Waals surface area contributed by atoms with Gasteiger partial charge in [-0.2, -0.15) is 5.10 Å². The average molecular weight is 338 g/mol. The third-order valence-electron chi connectivity index (χ3n) is 3.17. The van der Waals surface area contributed by atoms with E-state index in [2.05, 4.69) is 15.3 Å². The van der Waals surface area contributed by atoms with Gasteiger partial charge in [0.15, 0.2) is 0 Å². The van der Waals surface area contributed by atoms with Gasteiger partial charge in [-0.25, -0.2) is 5.43 Å². The highest BCUT2D eigenvalue weighted by Crippen LogP contribution is 2.31. The van der Waals surface area contributed by atoms with Crippen LogP contribution in [0.3, 0.4) is 0 Å². The van der Waals surface area contributed by atoms with Crippen LogP contribution in [0.4, 0.5) is 0 Å². The van der Waals surface area contributed by atoms with Crippen molar-refractivity contribution in [3.05, 3.63) is 17.7 Å². The number of nitrogens with one attached hydrogen (secondary N) is 1. The van der Waals surface area contributed by atoms with E-state index in [9.17, 15) is 14.7 Å². The molecule has 0 saturated carbocycles. The third kappa shape index (κ3) is 6.15. The topological polar surface area (TPSA) is 106 Å². The number of rotatable bonds is 9. The lowest BCUT2D eigenvalue weighted by Gasteiger charge is -2.10. The number of hydrogen-bond acceptors (Lipinski definition) is 7. The van der Waals surface area contributed by atoms with Crippen LogP contribution >= 0.6 is 0 Å². The molecular formula is C16H22N2O6. The number of hydrogen-bond donors (Lipinski definition) is 2. The highest BCUT2D eigenvalue weighted by atomic mass is 16.5. The maximum absolute atomic E-state index is 11.7. The first kappa shape index (κ1) is 19.3. The molecule has 2 N–H and O–H groups in total. The number of carbonyl (C=O) groups is 2. The zero-order chi connectivity index (χ0) is 17.9. The van der Waals surface area contributed by atoms with Crippen LogP contribution < -0.4 is 14.9 Å². The lowest BCUT2D eigenvalue weighted by molar-refractivity contribution is -0.140. The van der Waals surface area contributed by atoms with Crippen LogP contribution in [-0.2, 0) is 14.3 Å². The number of methoxy groups -OCH3 is 3. The molecule has 0 aliphatic heterocycles. The molecule has 0 unspecified atom stereocenters. The van der Waals surface area contributed by atoms with Crippen LogP contribution in [0.1, 0.15) is 31.2 Å². The summed E-state index contributed by atoms with van der Waals surface area (Å²) in [5, 5.41) is 13.4. The molecule has 132 valence electrons. The maximum Gasteiger partial charge on any atom is 0.305 e. The van der Waals surface area contributed by atoms with Crippen molar-refractivity contribution < 1.29 is 28.9 Å². The number of aromatic hydroxyl groups is 1. The molecule has 1 aromatic rings. The first-order valence-electron chi connectivity index (χ1n) is 7.35. The Balaban J connectivity index is 2.55. The fraction of sp³-hybridized carbons (Fsp3) is 0.438. The van der Waals surface area contributed by atoms with Crippen molar-refractivity contribution in [1.82, 2.24) is 5.43 Å². The quantitative estimate of drug-likeness (QED) is 0.306. The van der Waals surface area contributed by atoms with Crippen molar-refractivity contribution in [2.75, 3.05) is 21.3 Å². The Labute approximate surface area is 140 Å². The smallest absolute Gasteiger partial charge is 0.305 e. The molecule has 1 aromatic carbocycles. The lowest BCUT2D eigenvalue weighted by atomic mass is 10.2. The van der Waals surface area contributed by atoms with Crippen molar-refractivity contribution in [1.29, 1.82) is 0 Å². The summed E-state index contributed by atoms with van der Waals surface area (Å²) in [6, 6.07) is 2.83. The molecule has 0 aliphatic carbocycles. The monoisotopic (exact) mass is 338 g/mol. The van der Waals surface area contributed by atoms with E-state index in [1.807, 2.05) is 0 Å². The van der Waals surface area contributed by atoms with Gasteiger partial charge in [0, 0.05) is 25.0 Å². The van der Waals surface area contributed by atoms with Crippen LogP contribution in [0.2, 0.25) is 0 Å². The Morgan fingerprint density at radius 2 is 1.71 bits per heavy atom. The van der Waals surface area contributed by atoms with Gasteiger partial charge in [0.25, 0.3) is 0 Å². The van der Waals surface area contributed by atoms with Crippen LogP contribution in [0.25, 0.3) is 0 Å². The van der Waals surface area contributed by atoms with Crippen LogP contribution in [-0.4, -0.2) is 44.5 Å². The Morgan fingerprint density at radius 3 is 2.25 bits per heavy atom. The molecule has 24 heavy (non-hydrogen) atoms. The molecule has 0 spiro atoms. The molecule has 0 aliphatic rings. The van der Waals surface area contributed by atoms with Crippen molar-refractivity contribution in [3.8, 4) is 17.2 Å². The number of esters is 1. The van der Waals surface area contributed by atoms with E-state index in [1.54, 1.807) is 0 Å². The fourth-order valence-electron chi connectivity index (χ4n) is 1.93. The third-order valence-corrected chi connectivity index (χ3v) is 3.17. The Bertz CT molecular complexity index is 575. The van der Waals surface area contributed by atoms with Crippen LogP contribution in [0, 0.1) is 0 Å². The Kier molecular flexibility index (Phi) is 8.10. The predicted molar refractivity (Wildman–Crippen MR) is 87.4 cm³/mol. The van der Waals surface area contributed by atoms with Gasteiger partial charge >= 0.3 is 5.97 Å². The molecule has 8 nitrogen and oxygen atoms in total. The summed E-state index contributed by atoms with van der Waals surface area (Å²) in [5.74, 6) is 0.161. The van der Waals surface area contributed by atoms with Gasteiger partial charge in [-0.15, -0.1) is 0 Å². The number of phenols is 1.